The number of nitrogens with zero attached hydrogens (tertiary/aromatic N) is 3. The van der Waals surface area contributed by atoms with Crippen LogP contribution in [0, 0.1) is 0 Å². The molecule has 0 aliphatic rings. The molecule has 10 heteroatoms. The molecule has 0 aliphatic heterocycles. The van der Waals surface area contributed by atoms with Gasteiger partial charge in [0.1, 0.15) is 17.1 Å². The molecule has 2 aromatic heterocycles. The van der Waals surface area contributed by atoms with Gasteiger partial charge in [0.05, 0.1) is 19.8 Å². The van der Waals surface area contributed by atoms with Gasteiger partial charge in [-0.2, -0.15) is 13.2 Å². The van der Waals surface area contributed by atoms with E-state index in [2.05, 4.69) is 10.1 Å². The second kappa shape index (κ2) is 6.54. The smallest absolute Gasteiger partial charge is 0.443 e. The van der Waals surface area contributed by atoms with Gasteiger partial charge in [0.25, 0.3) is 5.89 Å². The summed E-state index contributed by atoms with van der Waals surface area (Å²) >= 11 is 0. The Labute approximate surface area is 144 Å². The number of pyridine rings is 1. The molecule has 0 unspecified atom stereocenters. The van der Waals surface area contributed by atoms with Gasteiger partial charge in [-0.05, 0) is 24.3 Å². The zero-order valence-corrected chi connectivity index (χ0v) is 13.6. The van der Waals surface area contributed by atoms with E-state index in [1.54, 1.807) is 18.2 Å². The molecule has 2 heterocycles. The molecular weight excluding hydrogens is 355 g/mol. The average Bonchev–Trinajstić information content (AvgIpc) is 3.01. The molecule has 3 aromatic rings. The highest BCUT2D eigenvalue weighted by molar-refractivity contribution is 5.70. The van der Waals surface area contributed by atoms with Crippen molar-refractivity contribution in [3.8, 4) is 28.8 Å². The van der Waals surface area contributed by atoms with Crippen LogP contribution in [0.25, 0.3) is 17.3 Å². The molecular formula is C16H12F3N3O4. The van der Waals surface area contributed by atoms with Crippen molar-refractivity contribution in [3.63, 3.8) is 0 Å². The standard InChI is InChI=1S/C16H12F3N3O4/c1-24-10-4-3-5-11(25-2)13(10)14-21-22(15(23)26-14)12-8-9(6-7-20-12)16(17,18)19/h3-8H,1-2H3. The summed E-state index contributed by atoms with van der Waals surface area (Å²) in [6.07, 6.45) is -3.65. The van der Waals surface area contributed by atoms with Crippen LogP contribution in [-0.4, -0.2) is 29.0 Å². The topological polar surface area (TPSA) is 79.4 Å². The number of ether oxygens (including phenoxy) is 2. The summed E-state index contributed by atoms with van der Waals surface area (Å²) in [6.45, 7) is 0. The van der Waals surface area contributed by atoms with Crippen molar-refractivity contribution < 1.29 is 27.1 Å². The maximum Gasteiger partial charge on any atom is 0.443 e. The molecule has 0 saturated heterocycles. The summed E-state index contributed by atoms with van der Waals surface area (Å²) < 4.78 is 54.7. The highest BCUT2D eigenvalue weighted by Crippen LogP contribution is 2.37. The molecule has 136 valence electrons. The lowest BCUT2D eigenvalue weighted by Crippen LogP contribution is -2.16. The molecule has 1 aromatic carbocycles. The summed E-state index contributed by atoms with van der Waals surface area (Å²) in [5.74, 6) is -0.874. The Balaban J connectivity index is 2.14. The van der Waals surface area contributed by atoms with E-state index in [1.807, 2.05) is 0 Å². The van der Waals surface area contributed by atoms with Crippen LogP contribution < -0.4 is 15.2 Å². The largest absolute Gasteiger partial charge is 0.496 e. The zero-order valence-electron chi connectivity index (χ0n) is 13.6. The summed E-state index contributed by atoms with van der Waals surface area (Å²) in [7, 11) is 2.81. The van der Waals surface area contributed by atoms with E-state index >= 15 is 0 Å². The SMILES string of the molecule is COc1cccc(OC)c1-c1nn(-c2cc(C(F)(F)F)ccn2)c(=O)o1. The number of benzene rings is 1. The fourth-order valence-electron chi connectivity index (χ4n) is 2.30. The molecule has 0 fully saturated rings. The van der Waals surface area contributed by atoms with E-state index < -0.39 is 17.5 Å². The predicted molar refractivity (Wildman–Crippen MR) is 83.4 cm³/mol. The molecule has 0 amide bonds. The minimum atomic E-state index is -4.58. The average molecular weight is 367 g/mol. The van der Waals surface area contributed by atoms with Gasteiger partial charge in [-0.15, -0.1) is 9.78 Å². The first kappa shape index (κ1) is 17.5. The first-order valence-corrected chi connectivity index (χ1v) is 7.20. The van der Waals surface area contributed by atoms with Gasteiger partial charge in [0.15, 0.2) is 5.82 Å². The van der Waals surface area contributed by atoms with E-state index in [9.17, 15) is 18.0 Å². The number of methoxy groups -OCH3 is 2. The van der Waals surface area contributed by atoms with Gasteiger partial charge >= 0.3 is 11.9 Å². The summed E-state index contributed by atoms with van der Waals surface area (Å²) in [4.78, 5) is 15.9. The lowest BCUT2D eigenvalue weighted by atomic mass is 10.2. The maximum atomic E-state index is 12.9. The van der Waals surface area contributed by atoms with Crippen molar-refractivity contribution in [2.45, 2.75) is 6.18 Å². The van der Waals surface area contributed by atoms with Crippen molar-refractivity contribution in [2.75, 3.05) is 14.2 Å². The van der Waals surface area contributed by atoms with Crippen molar-refractivity contribution in [1.29, 1.82) is 0 Å². The number of alkyl halides is 3. The number of aromatic nitrogens is 3. The highest BCUT2D eigenvalue weighted by Gasteiger charge is 2.31. The Hall–Kier alpha value is -3.30. The molecule has 7 nitrogen and oxygen atoms in total. The second-order valence-electron chi connectivity index (χ2n) is 5.02. The predicted octanol–water partition coefficient (Wildman–Crippen LogP) is 2.92. The van der Waals surface area contributed by atoms with Crippen LogP contribution >= 0.6 is 0 Å². The minimum Gasteiger partial charge on any atom is -0.496 e. The van der Waals surface area contributed by atoms with Crippen LogP contribution in [0.4, 0.5) is 13.2 Å². The third-order valence-electron chi connectivity index (χ3n) is 3.48. The van der Waals surface area contributed by atoms with E-state index in [1.165, 1.54) is 14.2 Å². The van der Waals surface area contributed by atoms with Crippen molar-refractivity contribution in [3.05, 3.63) is 52.6 Å². The molecule has 0 spiro atoms. The summed E-state index contributed by atoms with van der Waals surface area (Å²) in [5, 5.41) is 3.94. The van der Waals surface area contributed by atoms with Crippen LogP contribution in [0.3, 0.4) is 0 Å². The monoisotopic (exact) mass is 367 g/mol. The van der Waals surface area contributed by atoms with Gasteiger partial charge < -0.3 is 13.9 Å². The third-order valence-corrected chi connectivity index (χ3v) is 3.48. The third kappa shape index (κ3) is 3.13. The quantitative estimate of drug-likeness (QED) is 0.706. The van der Waals surface area contributed by atoms with Gasteiger partial charge in [0, 0.05) is 6.20 Å². The number of halogens is 3. The first-order valence-electron chi connectivity index (χ1n) is 7.20. The molecule has 0 aliphatic carbocycles. The van der Waals surface area contributed by atoms with Crippen LogP contribution in [-0.2, 0) is 6.18 Å². The molecule has 0 bridgehead atoms. The fourth-order valence-corrected chi connectivity index (χ4v) is 2.30. The van der Waals surface area contributed by atoms with Gasteiger partial charge in [-0.3, -0.25) is 0 Å². The van der Waals surface area contributed by atoms with Crippen LogP contribution in [0.1, 0.15) is 5.56 Å². The van der Waals surface area contributed by atoms with E-state index in [-0.39, 0.29) is 17.3 Å². The van der Waals surface area contributed by atoms with Crippen molar-refractivity contribution in [2.24, 2.45) is 0 Å². The molecule has 0 radical (unpaired) electrons. The van der Waals surface area contributed by atoms with Gasteiger partial charge in [-0.1, -0.05) is 6.07 Å². The highest BCUT2D eigenvalue weighted by atomic mass is 19.4. The molecule has 3 rings (SSSR count). The maximum absolute atomic E-state index is 12.9. The van der Waals surface area contributed by atoms with Crippen LogP contribution in [0.5, 0.6) is 11.5 Å². The summed E-state index contributed by atoms with van der Waals surface area (Å²) in [5.41, 5.74) is -0.714. The molecule has 0 N–H and O–H groups in total. The fraction of sp³-hybridized carbons (Fsp3) is 0.188. The minimum absolute atomic E-state index is 0.177. The Morgan fingerprint density at radius 1 is 1.12 bits per heavy atom. The van der Waals surface area contributed by atoms with Gasteiger partial charge in [-0.25, -0.2) is 9.78 Å². The van der Waals surface area contributed by atoms with Crippen LogP contribution in [0.2, 0.25) is 0 Å². The normalized spacial score (nSPS) is 11.4. The van der Waals surface area contributed by atoms with Crippen molar-refractivity contribution in [1.82, 2.24) is 14.8 Å². The number of rotatable bonds is 4. The summed E-state index contributed by atoms with van der Waals surface area (Å²) in [6, 6.07) is 6.34. The Morgan fingerprint density at radius 2 is 1.77 bits per heavy atom. The van der Waals surface area contributed by atoms with Crippen molar-refractivity contribution >= 4 is 0 Å². The number of hydrogen-bond donors (Lipinski definition) is 0. The second-order valence-corrected chi connectivity index (χ2v) is 5.02. The van der Waals surface area contributed by atoms with E-state index in [4.69, 9.17) is 13.9 Å². The number of hydrogen-bond acceptors (Lipinski definition) is 6. The molecule has 0 saturated carbocycles. The molecule has 0 atom stereocenters. The van der Waals surface area contributed by atoms with E-state index in [0.717, 1.165) is 12.3 Å². The van der Waals surface area contributed by atoms with E-state index in [0.29, 0.717) is 22.2 Å². The zero-order chi connectivity index (χ0) is 18.9. The first-order chi connectivity index (χ1) is 12.3. The Bertz CT molecular complexity index is 973. The molecule has 26 heavy (non-hydrogen) atoms. The lowest BCUT2D eigenvalue weighted by Gasteiger charge is -2.09. The lowest BCUT2D eigenvalue weighted by molar-refractivity contribution is -0.137. The van der Waals surface area contributed by atoms with Crippen LogP contribution in [0.15, 0.2) is 45.7 Å². The van der Waals surface area contributed by atoms with Gasteiger partial charge in [0.2, 0.25) is 0 Å². The Morgan fingerprint density at radius 3 is 2.35 bits per heavy atom. The Kier molecular flexibility index (Phi) is 4.41.